The van der Waals surface area contributed by atoms with E-state index in [1.165, 1.54) is 6.07 Å². The third kappa shape index (κ3) is 2.55. The number of nitrogens with zero attached hydrogens (tertiary/aromatic N) is 3. The van der Waals surface area contributed by atoms with Crippen LogP contribution >= 0.6 is 0 Å². The molecular formula is C18H16FN3. The first-order valence-corrected chi connectivity index (χ1v) is 7.04. The van der Waals surface area contributed by atoms with Gasteiger partial charge in [0, 0.05) is 19.0 Å². The predicted octanol–water partition coefficient (Wildman–Crippen LogP) is 4.06. The van der Waals surface area contributed by atoms with Crippen molar-refractivity contribution in [1.29, 1.82) is 0 Å². The van der Waals surface area contributed by atoms with Gasteiger partial charge >= 0.3 is 0 Å². The van der Waals surface area contributed by atoms with Gasteiger partial charge in [-0.25, -0.2) is 14.4 Å². The average Bonchev–Trinajstić information content (AvgIpc) is 2.54. The second kappa shape index (κ2) is 5.93. The highest BCUT2D eigenvalue weighted by molar-refractivity contribution is 5.91. The van der Waals surface area contributed by atoms with Crippen LogP contribution in [0.4, 0.5) is 10.2 Å². The van der Waals surface area contributed by atoms with Crippen LogP contribution in [0.2, 0.25) is 0 Å². The maximum absolute atomic E-state index is 14.0. The lowest BCUT2D eigenvalue weighted by Crippen LogP contribution is -2.19. The van der Waals surface area contributed by atoms with E-state index in [-0.39, 0.29) is 5.82 Å². The Labute approximate surface area is 128 Å². The number of fused-ring (bicyclic) bond motifs is 1. The fourth-order valence-corrected chi connectivity index (χ4v) is 2.39. The zero-order chi connectivity index (χ0) is 15.5. The molecule has 2 aromatic carbocycles. The van der Waals surface area contributed by atoms with Gasteiger partial charge in [0.2, 0.25) is 0 Å². The normalized spacial score (nSPS) is 10.6. The second-order valence-electron chi connectivity index (χ2n) is 5.04. The van der Waals surface area contributed by atoms with Gasteiger partial charge in [-0.3, -0.25) is 0 Å². The molecule has 0 saturated carbocycles. The van der Waals surface area contributed by atoms with Crippen LogP contribution < -0.4 is 4.90 Å². The first-order valence-electron chi connectivity index (χ1n) is 7.04. The zero-order valence-corrected chi connectivity index (χ0v) is 12.3. The summed E-state index contributed by atoms with van der Waals surface area (Å²) in [4.78, 5) is 11.1. The number of hydrogen-bond donors (Lipinski definition) is 0. The van der Waals surface area contributed by atoms with Crippen LogP contribution in [0.3, 0.4) is 0 Å². The number of benzene rings is 2. The molecule has 3 nitrogen and oxygen atoms in total. The van der Waals surface area contributed by atoms with Crippen molar-refractivity contribution in [3.63, 3.8) is 0 Å². The van der Waals surface area contributed by atoms with E-state index < -0.39 is 0 Å². The van der Waals surface area contributed by atoms with Gasteiger partial charge in [-0.15, -0.1) is 6.58 Å². The molecule has 0 bridgehead atoms. The maximum atomic E-state index is 14.0. The number of halogens is 1. The topological polar surface area (TPSA) is 29.0 Å². The standard InChI is InChI=1S/C18H16FN3/c1-3-12-22(2)18-14-9-5-7-11-16(14)20-17(21-18)13-8-4-6-10-15(13)19/h3-11H,1,12H2,2H3. The summed E-state index contributed by atoms with van der Waals surface area (Å²) >= 11 is 0. The van der Waals surface area contributed by atoms with Crippen LogP contribution in [0, 0.1) is 5.82 Å². The Balaban J connectivity index is 2.25. The van der Waals surface area contributed by atoms with Crippen LogP contribution in [0.25, 0.3) is 22.3 Å². The van der Waals surface area contributed by atoms with Crippen LogP contribution in [0.1, 0.15) is 0 Å². The molecule has 0 aliphatic heterocycles. The van der Waals surface area contributed by atoms with Gasteiger partial charge in [-0.05, 0) is 24.3 Å². The Bertz CT molecular complexity index is 829. The molecule has 0 N–H and O–H groups in total. The van der Waals surface area contributed by atoms with Crippen molar-refractivity contribution in [3.8, 4) is 11.4 Å². The molecular weight excluding hydrogens is 277 g/mol. The first-order chi connectivity index (χ1) is 10.7. The largest absolute Gasteiger partial charge is 0.355 e. The fourth-order valence-electron chi connectivity index (χ4n) is 2.39. The van der Waals surface area contributed by atoms with E-state index in [4.69, 9.17) is 0 Å². The third-order valence-electron chi connectivity index (χ3n) is 3.46. The van der Waals surface area contributed by atoms with Gasteiger partial charge < -0.3 is 4.90 Å². The monoisotopic (exact) mass is 293 g/mol. The number of likely N-dealkylation sites (N-methyl/N-ethyl adjacent to an activating group) is 1. The Morgan fingerprint density at radius 2 is 1.82 bits per heavy atom. The Morgan fingerprint density at radius 3 is 2.59 bits per heavy atom. The molecule has 0 aliphatic carbocycles. The Morgan fingerprint density at radius 1 is 1.09 bits per heavy atom. The van der Waals surface area contributed by atoms with Crippen molar-refractivity contribution >= 4 is 16.7 Å². The molecule has 0 atom stereocenters. The van der Waals surface area contributed by atoms with E-state index >= 15 is 0 Å². The number of aromatic nitrogens is 2. The fraction of sp³-hybridized carbons (Fsp3) is 0.111. The Kier molecular flexibility index (Phi) is 3.83. The summed E-state index contributed by atoms with van der Waals surface area (Å²) in [6, 6.07) is 14.3. The minimum absolute atomic E-state index is 0.324. The average molecular weight is 293 g/mol. The lowest BCUT2D eigenvalue weighted by Gasteiger charge is -2.19. The van der Waals surface area contributed by atoms with E-state index in [0.29, 0.717) is 17.9 Å². The van der Waals surface area contributed by atoms with E-state index in [1.54, 1.807) is 24.3 Å². The molecule has 3 aromatic rings. The molecule has 0 unspecified atom stereocenters. The number of hydrogen-bond acceptors (Lipinski definition) is 3. The van der Waals surface area contributed by atoms with Gasteiger partial charge in [0.05, 0.1) is 11.1 Å². The molecule has 1 heterocycles. The molecule has 22 heavy (non-hydrogen) atoms. The molecule has 0 radical (unpaired) electrons. The van der Waals surface area contributed by atoms with Gasteiger partial charge in [-0.2, -0.15) is 0 Å². The van der Waals surface area contributed by atoms with Crippen molar-refractivity contribution in [2.75, 3.05) is 18.5 Å². The first kappa shape index (κ1) is 14.2. The minimum Gasteiger partial charge on any atom is -0.355 e. The lowest BCUT2D eigenvalue weighted by molar-refractivity contribution is 0.630. The van der Waals surface area contributed by atoms with Gasteiger partial charge in [0.15, 0.2) is 5.82 Å². The highest BCUT2D eigenvalue weighted by Crippen LogP contribution is 2.27. The van der Waals surface area contributed by atoms with Crippen molar-refractivity contribution in [2.24, 2.45) is 0 Å². The van der Waals surface area contributed by atoms with Crippen LogP contribution in [-0.2, 0) is 0 Å². The van der Waals surface area contributed by atoms with E-state index in [2.05, 4.69) is 16.5 Å². The van der Waals surface area contributed by atoms with Gasteiger partial charge in [0.25, 0.3) is 0 Å². The van der Waals surface area contributed by atoms with Crippen LogP contribution in [0.5, 0.6) is 0 Å². The number of para-hydroxylation sites is 1. The molecule has 0 aliphatic rings. The summed E-state index contributed by atoms with van der Waals surface area (Å²) in [5.74, 6) is 0.835. The Hall–Kier alpha value is -2.75. The summed E-state index contributed by atoms with van der Waals surface area (Å²) in [7, 11) is 1.93. The van der Waals surface area contributed by atoms with E-state index in [9.17, 15) is 4.39 Å². The molecule has 3 rings (SSSR count). The third-order valence-corrected chi connectivity index (χ3v) is 3.46. The number of rotatable bonds is 4. The molecule has 0 fully saturated rings. The molecule has 4 heteroatoms. The lowest BCUT2D eigenvalue weighted by atomic mass is 10.1. The van der Waals surface area contributed by atoms with Crippen LogP contribution in [-0.4, -0.2) is 23.6 Å². The van der Waals surface area contributed by atoms with Crippen molar-refractivity contribution in [1.82, 2.24) is 9.97 Å². The highest BCUT2D eigenvalue weighted by atomic mass is 19.1. The molecule has 0 saturated heterocycles. The zero-order valence-electron chi connectivity index (χ0n) is 12.3. The van der Waals surface area contributed by atoms with Gasteiger partial charge in [-0.1, -0.05) is 30.3 Å². The van der Waals surface area contributed by atoms with Crippen molar-refractivity contribution in [2.45, 2.75) is 0 Å². The summed E-state index contributed by atoms with van der Waals surface area (Å²) in [6.45, 7) is 4.41. The van der Waals surface area contributed by atoms with E-state index in [1.807, 2.05) is 36.2 Å². The molecule has 1 aromatic heterocycles. The number of anilines is 1. The van der Waals surface area contributed by atoms with Crippen molar-refractivity contribution < 1.29 is 4.39 Å². The quantitative estimate of drug-likeness (QED) is 0.679. The summed E-state index contributed by atoms with van der Waals surface area (Å²) < 4.78 is 14.0. The maximum Gasteiger partial charge on any atom is 0.165 e. The smallest absolute Gasteiger partial charge is 0.165 e. The summed E-state index contributed by atoms with van der Waals surface area (Å²) in [6.07, 6.45) is 1.81. The molecule has 110 valence electrons. The highest BCUT2D eigenvalue weighted by Gasteiger charge is 2.14. The van der Waals surface area contributed by atoms with E-state index in [0.717, 1.165) is 16.7 Å². The second-order valence-corrected chi connectivity index (χ2v) is 5.04. The molecule has 0 spiro atoms. The molecule has 0 amide bonds. The summed E-state index contributed by atoms with van der Waals surface area (Å²) in [5.41, 5.74) is 1.20. The van der Waals surface area contributed by atoms with Crippen molar-refractivity contribution in [3.05, 3.63) is 67.0 Å². The minimum atomic E-state index is -0.324. The van der Waals surface area contributed by atoms with Gasteiger partial charge in [0.1, 0.15) is 11.6 Å². The summed E-state index contributed by atoms with van der Waals surface area (Å²) in [5, 5.41) is 0.937. The predicted molar refractivity (Wildman–Crippen MR) is 88.4 cm³/mol. The SMILES string of the molecule is C=CCN(C)c1nc(-c2ccccc2F)nc2ccccc12. The van der Waals surface area contributed by atoms with Crippen LogP contribution in [0.15, 0.2) is 61.2 Å².